The third-order valence-corrected chi connectivity index (χ3v) is 8.33. The van der Waals surface area contributed by atoms with E-state index in [-0.39, 0.29) is 5.56 Å². The van der Waals surface area contributed by atoms with Crippen LogP contribution in [0, 0.1) is 13.8 Å². The van der Waals surface area contributed by atoms with Crippen LogP contribution in [0.4, 0.5) is 0 Å². The van der Waals surface area contributed by atoms with Crippen molar-refractivity contribution in [3.05, 3.63) is 158 Å². The maximum absolute atomic E-state index is 13.9. The van der Waals surface area contributed by atoms with E-state index in [9.17, 15) is 4.79 Å². The number of pyridine rings is 1. The Labute approximate surface area is 255 Å². The molecule has 1 N–H and O–H groups in total. The normalized spacial score (nSPS) is 12.2. The molecule has 0 saturated carbocycles. The number of halogens is 1. The van der Waals surface area contributed by atoms with Crippen molar-refractivity contribution in [1.29, 1.82) is 0 Å². The fourth-order valence-corrected chi connectivity index (χ4v) is 5.74. The molecule has 0 saturated heterocycles. The molecule has 0 spiro atoms. The van der Waals surface area contributed by atoms with Gasteiger partial charge in [0.2, 0.25) is 0 Å². The second-order valence-electron chi connectivity index (χ2n) is 11.0. The Hall–Kier alpha value is -4.59. The van der Waals surface area contributed by atoms with Crippen LogP contribution in [0.25, 0.3) is 10.9 Å². The number of hydrogen-bond acceptors (Lipinski definition) is 5. The largest absolute Gasteiger partial charge is 0.322 e. The summed E-state index contributed by atoms with van der Waals surface area (Å²) >= 11 is 6.70. The summed E-state index contributed by atoms with van der Waals surface area (Å²) in [6.07, 6.45) is 0.751. The number of rotatable bonds is 10. The lowest BCUT2D eigenvalue weighted by Crippen LogP contribution is -2.35. The summed E-state index contributed by atoms with van der Waals surface area (Å²) in [4.78, 5) is 19.3. The Balaban J connectivity index is 1.51. The molecule has 0 aliphatic carbocycles. The number of nitrogens with one attached hydrogen (secondary N) is 1. The van der Waals surface area contributed by atoms with Gasteiger partial charge in [-0.1, -0.05) is 90.5 Å². The Kier molecular flexibility index (Phi) is 8.45. The minimum atomic E-state index is -0.558. The molecule has 6 aromatic rings. The summed E-state index contributed by atoms with van der Waals surface area (Å²) in [7, 11) is 0. The van der Waals surface area contributed by atoms with Crippen LogP contribution in [0.5, 0.6) is 0 Å². The van der Waals surface area contributed by atoms with Crippen LogP contribution < -0.4 is 5.56 Å². The highest BCUT2D eigenvalue weighted by Gasteiger charge is 2.31. The van der Waals surface area contributed by atoms with E-state index in [4.69, 9.17) is 11.6 Å². The SMILES string of the molecule is Cc1cc2cc([C@H](c3nnnn3CCc3ccccc3)N(Cc3ccccc3)Cc3ccccc3Cl)c(=O)[nH]c2cc1C. The van der Waals surface area contributed by atoms with Crippen molar-refractivity contribution in [2.45, 2.75) is 45.9 Å². The van der Waals surface area contributed by atoms with Gasteiger partial charge in [-0.2, -0.15) is 0 Å². The third kappa shape index (κ3) is 6.43. The van der Waals surface area contributed by atoms with Gasteiger partial charge in [-0.05, 0) is 88.2 Å². The van der Waals surface area contributed by atoms with Crippen LogP contribution in [0.2, 0.25) is 5.02 Å². The van der Waals surface area contributed by atoms with E-state index in [1.165, 1.54) is 5.56 Å². The van der Waals surface area contributed by atoms with Crippen LogP contribution in [-0.4, -0.2) is 30.1 Å². The van der Waals surface area contributed by atoms with Crippen LogP contribution >= 0.6 is 11.6 Å². The Bertz CT molecular complexity index is 1900. The van der Waals surface area contributed by atoms with Gasteiger partial charge in [0.25, 0.3) is 5.56 Å². The molecule has 0 unspecified atom stereocenters. The van der Waals surface area contributed by atoms with Gasteiger partial charge in [0, 0.05) is 35.7 Å². The average molecular weight is 589 g/mol. The number of hydrogen-bond donors (Lipinski definition) is 1. The quantitative estimate of drug-likeness (QED) is 0.190. The lowest BCUT2D eigenvalue weighted by atomic mass is 9.99. The fraction of sp³-hybridized carbons (Fsp3) is 0.200. The molecule has 0 fully saturated rings. The topological polar surface area (TPSA) is 79.7 Å². The first-order valence-electron chi connectivity index (χ1n) is 14.4. The van der Waals surface area contributed by atoms with Crippen molar-refractivity contribution in [3.63, 3.8) is 0 Å². The number of benzene rings is 4. The van der Waals surface area contributed by atoms with Crippen LogP contribution in [-0.2, 0) is 26.1 Å². The van der Waals surface area contributed by atoms with Crippen molar-refractivity contribution in [2.75, 3.05) is 0 Å². The van der Waals surface area contributed by atoms with Crippen molar-refractivity contribution >= 4 is 22.5 Å². The van der Waals surface area contributed by atoms with Gasteiger partial charge in [0.15, 0.2) is 5.82 Å². The molecule has 216 valence electrons. The molecule has 0 aliphatic heterocycles. The summed E-state index contributed by atoms with van der Waals surface area (Å²) in [5.41, 5.74) is 6.74. The fourth-order valence-electron chi connectivity index (χ4n) is 5.54. The van der Waals surface area contributed by atoms with Gasteiger partial charge in [-0.15, -0.1) is 5.10 Å². The lowest BCUT2D eigenvalue weighted by Gasteiger charge is -2.31. The zero-order chi connectivity index (χ0) is 29.8. The number of fused-ring (bicyclic) bond motifs is 1. The number of aromatic nitrogens is 5. The Morgan fingerprint density at radius 2 is 1.51 bits per heavy atom. The van der Waals surface area contributed by atoms with Gasteiger partial charge in [0.05, 0.1) is 0 Å². The van der Waals surface area contributed by atoms with Crippen molar-refractivity contribution in [3.8, 4) is 0 Å². The maximum atomic E-state index is 13.9. The van der Waals surface area contributed by atoms with Crippen LogP contribution in [0.15, 0.2) is 108 Å². The van der Waals surface area contributed by atoms with Gasteiger partial charge >= 0.3 is 0 Å². The van der Waals surface area contributed by atoms with Gasteiger partial charge in [-0.25, -0.2) is 4.68 Å². The van der Waals surface area contributed by atoms with Crippen LogP contribution in [0.1, 0.15) is 45.2 Å². The summed E-state index contributed by atoms with van der Waals surface area (Å²) < 4.78 is 1.83. The molecule has 0 radical (unpaired) electrons. The van der Waals surface area contributed by atoms with E-state index in [0.29, 0.717) is 36.0 Å². The lowest BCUT2D eigenvalue weighted by molar-refractivity contribution is 0.193. The first-order valence-corrected chi connectivity index (χ1v) is 14.8. The molecule has 0 aliphatic rings. The second-order valence-corrected chi connectivity index (χ2v) is 11.4. The number of H-pyrrole nitrogens is 1. The molecule has 6 rings (SSSR count). The van der Waals surface area contributed by atoms with Gasteiger partial charge in [-0.3, -0.25) is 9.69 Å². The van der Waals surface area contributed by atoms with Gasteiger partial charge < -0.3 is 4.98 Å². The second kappa shape index (κ2) is 12.7. The van der Waals surface area contributed by atoms with Crippen molar-refractivity contribution in [2.24, 2.45) is 0 Å². The zero-order valence-corrected chi connectivity index (χ0v) is 25.0. The predicted molar refractivity (Wildman–Crippen MR) is 171 cm³/mol. The molecule has 7 nitrogen and oxygen atoms in total. The predicted octanol–water partition coefficient (Wildman–Crippen LogP) is 6.82. The highest BCUT2D eigenvalue weighted by atomic mass is 35.5. The minimum Gasteiger partial charge on any atom is -0.322 e. The smallest absolute Gasteiger partial charge is 0.253 e. The molecule has 2 aromatic heterocycles. The van der Waals surface area contributed by atoms with Crippen molar-refractivity contribution in [1.82, 2.24) is 30.1 Å². The summed E-state index contributed by atoms with van der Waals surface area (Å²) in [5, 5.41) is 14.7. The standard InChI is InChI=1S/C35H33ClN6O/c1-24-19-29-21-30(35(43)37-32(29)20-25(24)2)33(34-38-39-40-42(34)18-17-26-11-5-3-6-12-26)41(22-27-13-7-4-8-14-27)23-28-15-9-10-16-31(28)36/h3-16,19-21,33H,17-18,22-23H2,1-2H3,(H,37,43)/t33-/m1/s1. The Morgan fingerprint density at radius 1 is 0.837 bits per heavy atom. The van der Waals surface area contributed by atoms with E-state index in [1.807, 2.05) is 77.5 Å². The molecular weight excluding hydrogens is 556 g/mol. The van der Waals surface area contributed by atoms with E-state index in [0.717, 1.165) is 39.6 Å². The molecular formula is C35H33ClN6O. The third-order valence-electron chi connectivity index (χ3n) is 7.97. The first-order chi connectivity index (χ1) is 21.0. The van der Waals surface area contributed by atoms with Crippen LogP contribution in [0.3, 0.4) is 0 Å². The van der Waals surface area contributed by atoms with E-state index in [2.05, 4.69) is 69.6 Å². The highest BCUT2D eigenvalue weighted by molar-refractivity contribution is 6.31. The molecule has 0 amide bonds. The van der Waals surface area contributed by atoms with E-state index >= 15 is 0 Å². The number of tetrazole rings is 1. The number of aromatic amines is 1. The molecule has 8 heteroatoms. The molecule has 0 bridgehead atoms. The number of nitrogens with zero attached hydrogens (tertiary/aromatic N) is 5. The zero-order valence-electron chi connectivity index (χ0n) is 24.2. The molecule has 43 heavy (non-hydrogen) atoms. The summed E-state index contributed by atoms with van der Waals surface area (Å²) in [6, 6.07) is 33.9. The molecule has 4 aromatic carbocycles. The van der Waals surface area contributed by atoms with E-state index < -0.39 is 6.04 Å². The Morgan fingerprint density at radius 3 is 2.26 bits per heavy atom. The van der Waals surface area contributed by atoms with E-state index in [1.54, 1.807) is 0 Å². The number of aryl methyl sites for hydroxylation is 4. The average Bonchev–Trinajstić information content (AvgIpc) is 3.48. The highest BCUT2D eigenvalue weighted by Crippen LogP contribution is 2.32. The molecule has 2 heterocycles. The molecule has 1 atom stereocenters. The maximum Gasteiger partial charge on any atom is 0.253 e. The summed E-state index contributed by atoms with van der Waals surface area (Å²) in [6.45, 7) is 5.73. The van der Waals surface area contributed by atoms with Crippen molar-refractivity contribution < 1.29 is 0 Å². The first kappa shape index (κ1) is 28.5. The summed E-state index contributed by atoms with van der Waals surface area (Å²) in [5.74, 6) is 0.604. The minimum absolute atomic E-state index is 0.171. The van der Waals surface area contributed by atoms with Gasteiger partial charge in [0.1, 0.15) is 6.04 Å². The monoisotopic (exact) mass is 588 g/mol.